The molecule has 0 aliphatic heterocycles. The summed E-state index contributed by atoms with van der Waals surface area (Å²) in [6.45, 7) is 0.896. The zero-order valence-corrected chi connectivity index (χ0v) is 9.79. The molecule has 3 heteroatoms. The highest BCUT2D eigenvalue weighted by molar-refractivity contribution is 5.18. The van der Waals surface area contributed by atoms with Crippen molar-refractivity contribution in [3.63, 3.8) is 0 Å². The van der Waals surface area contributed by atoms with E-state index in [9.17, 15) is 0 Å². The maximum atomic E-state index is 4.48. The lowest BCUT2D eigenvalue weighted by molar-refractivity contribution is 0.426. The molecule has 1 N–H and O–H groups in total. The molecule has 0 saturated heterocycles. The molecule has 1 aliphatic rings. The van der Waals surface area contributed by atoms with Crippen LogP contribution in [-0.4, -0.2) is 16.6 Å². The van der Waals surface area contributed by atoms with Crippen molar-refractivity contribution in [1.29, 1.82) is 0 Å². The Hall–Kier alpha value is -0.830. The third-order valence-corrected chi connectivity index (χ3v) is 3.40. The first-order valence-electron chi connectivity index (χ1n) is 5.97. The Bertz CT molecular complexity index is 311. The van der Waals surface area contributed by atoms with Gasteiger partial charge in [0.25, 0.3) is 0 Å². The highest BCUT2D eigenvalue weighted by Crippen LogP contribution is 2.33. The molecule has 84 valence electrons. The second-order valence-electron chi connectivity index (χ2n) is 4.55. The number of aromatic nitrogens is 2. The van der Waals surface area contributed by atoms with E-state index in [1.165, 1.54) is 43.5 Å². The fourth-order valence-electron chi connectivity index (χ4n) is 2.69. The van der Waals surface area contributed by atoms with Crippen molar-refractivity contribution >= 4 is 0 Å². The fraction of sp³-hybridized carbons (Fsp3) is 0.750. The normalized spacial score (nSPS) is 18.3. The molecule has 3 nitrogen and oxygen atoms in total. The topological polar surface area (TPSA) is 29.9 Å². The second kappa shape index (κ2) is 4.79. The number of nitrogens with one attached hydrogen (secondary N) is 1. The van der Waals surface area contributed by atoms with E-state index in [2.05, 4.69) is 21.9 Å². The Balaban J connectivity index is 2.19. The van der Waals surface area contributed by atoms with Crippen molar-refractivity contribution in [3.05, 3.63) is 17.7 Å². The molecule has 0 amide bonds. The van der Waals surface area contributed by atoms with Gasteiger partial charge in [-0.15, -0.1) is 0 Å². The van der Waals surface area contributed by atoms with E-state index in [1.807, 2.05) is 13.4 Å². The van der Waals surface area contributed by atoms with Crippen molar-refractivity contribution in [2.45, 2.75) is 44.6 Å². The van der Waals surface area contributed by atoms with E-state index in [1.54, 1.807) is 0 Å². The van der Waals surface area contributed by atoms with Gasteiger partial charge >= 0.3 is 0 Å². The molecule has 1 saturated carbocycles. The van der Waals surface area contributed by atoms with Gasteiger partial charge in [-0.25, -0.2) is 4.98 Å². The van der Waals surface area contributed by atoms with Crippen molar-refractivity contribution in [2.75, 3.05) is 7.05 Å². The van der Waals surface area contributed by atoms with Gasteiger partial charge in [0.15, 0.2) is 0 Å². The summed E-state index contributed by atoms with van der Waals surface area (Å²) >= 11 is 0. The summed E-state index contributed by atoms with van der Waals surface area (Å²) < 4.78 is 2.21. The van der Waals surface area contributed by atoms with Gasteiger partial charge in [0.1, 0.15) is 0 Å². The SMILES string of the molecule is CNCc1ncn(C)c1C1CCCCC1. The van der Waals surface area contributed by atoms with Crippen molar-refractivity contribution in [2.24, 2.45) is 7.05 Å². The number of nitrogens with zero attached hydrogens (tertiary/aromatic N) is 2. The summed E-state index contributed by atoms with van der Waals surface area (Å²) in [6, 6.07) is 0. The fourth-order valence-corrected chi connectivity index (χ4v) is 2.69. The van der Waals surface area contributed by atoms with E-state index in [-0.39, 0.29) is 0 Å². The van der Waals surface area contributed by atoms with Gasteiger partial charge in [-0.05, 0) is 19.9 Å². The summed E-state index contributed by atoms with van der Waals surface area (Å²) in [5.41, 5.74) is 2.70. The lowest BCUT2D eigenvalue weighted by atomic mass is 9.86. The van der Waals surface area contributed by atoms with E-state index < -0.39 is 0 Å². The van der Waals surface area contributed by atoms with Gasteiger partial charge in [0, 0.05) is 25.2 Å². The van der Waals surface area contributed by atoms with Gasteiger partial charge in [0.05, 0.1) is 12.0 Å². The summed E-state index contributed by atoms with van der Waals surface area (Å²) in [7, 11) is 4.11. The summed E-state index contributed by atoms with van der Waals surface area (Å²) in [5.74, 6) is 0.745. The van der Waals surface area contributed by atoms with Crippen LogP contribution in [0.4, 0.5) is 0 Å². The van der Waals surface area contributed by atoms with Crippen LogP contribution in [-0.2, 0) is 13.6 Å². The molecule has 0 atom stereocenters. The number of hydrogen-bond donors (Lipinski definition) is 1. The van der Waals surface area contributed by atoms with Gasteiger partial charge in [-0.2, -0.15) is 0 Å². The zero-order valence-electron chi connectivity index (χ0n) is 9.79. The lowest BCUT2D eigenvalue weighted by Crippen LogP contribution is -2.14. The molecule has 0 spiro atoms. The highest BCUT2D eigenvalue weighted by Gasteiger charge is 2.21. The van der Waals surface area contributed by atoms with Gasteiger partial charge in [-0.3, -0.25) is 0 Å². The largest absolute Gasteiger partial charge is 0.337 e. The Morgan fingerprint density at radius 3 is 2.80 bits per heavy atom. The third-order valence-electron chi connectivity index (χ3n) is 3.40. The molecule has 0 bridgehead atoms. The highest BCUT2D eigenvalue weighted by atomic mass is 15.0. The number of imidazole rings is 1. The molecule has 0 radical (unpaired) electrons. The van der Waals surface area contributed by atoms with E-state index in [0.717, 1.165) is 12.5 Å². The molecule has 15 heavy (non-hydrogen) atoms. The first kappa shape index (κ1) is 10.7. The standard InChI is InChI=1S/C12H21N3/c1-13-8-11-12(15(2)9-14-11)10-6-4-3-5-7-10/h9-10,13H,3-8H2,1-2H3. The van der Waals surface area contributed by atoms with Crippen LogP contribution in [0.5, 0.6) is 0 Å². The van der Waals surface area contributed by atoms with Crippen LogP contribution in [0.3, 0.4) is 0 Å². The van der Waals surface area contributed by atoms with E-state index in [0.29, 0.717) is 0 Å². The van der Waals surface area contributed by atoms with Gasteiger partial charge in [0.2, 0.25) is 0 Å². The summed E-state index contributed by atoms with van der Waals surface area (Å²) in [5, 5.41) is 3.20. The lowest BCUT2D eigenvalue weighted by Gasteiger charge is -2.23. The third kappa shape index (κ3) is 2.23. The predicted octanol–water partition coefficient (Wildman–Crippen LogP) is 2.19. The van der Waals surface area contributed by atoms with Crippen LogP contribution in [0.2, 0.25) is 0 Å². The van der Waals surface area contributed by atoms with Crippen LogP contribution < -0.4 is 5.32 Å². The Morgan fingerprint density at radius 1 is 1.40 bits per heavy atom. The minimum absolute atomic E-state index is 0.745. The molecule has 1 fully saturated rings. The smallest absolute Gasteiger partial charge is 0.0949 e. The van der Waals surface area contributed by atoms with Crippen LogP contribution in [0.25, 0.3) is 0 Å². The Morgan fingerprint density at radius 2 is 2.13 bits per heavy atom. The average molecular weight is 207 g/mol. The predicted molar refractivity (Wildman–Crippen MR) is 61.8 cm³/mol. The first-order valence-corrected chi connectivity index (χ1v) is 5.97. The molecule has 1 aromatic heterocycles. The van der Waals surface area contributed by atoms with Crippen molar-refractivity contribution in [1.82, 2.24) is 14.9 Å². The van der Waals surface area contributed by atoms with Crippen LogP contribution >= 0.6 is 0 Å². The Labute approximate surface area is 91.9 Å². The number of hydrogen-bond acceptors (Lipinski definition) is 2. The van der Waals surface area contributed by atoms with Crippen LogP contribution in [0, 0.1) is 0 Å². The molecule has 1 heterocycles. The maximum absolute atomic E-state index is 4.48. The maximum Gasteiger partial charge on any atom is 0.0949 e. The Kier molecular flexibility index (Phi) is 3.41. The van der Waals surface area contributed by atoms with Crippen molar-refractivity contribution < 1.29 is 0 Å². The number of rotatable bonds is 3. The van der Waals surface area contributed by atoms with Crippen LogP contribution in [0.1, 0.15) is 49.4 Å². The van der Waals surface area contributed by atoms with Crippen LogP contribution in [0.15, 0.2) is 6.33 Å². The zero-order chi connectivity index (χ0) is 10.7. The average Bonchev–Trinajstić information content (AvgIpc) is 2.62. The minimum atomic E-state index is 0.745. The molecule has 2 rings (SSSR count). The van der Waals surface area contributed by atoms with E-state index in [4.69, 9.17) is 0 Å². The molecule has 1 aliphatic carbocycles. The molecular weight excluding hydrogens is 186 g/mol. The molecule has 1 aromatic rings. The van der Waals surface area contributed by atoms with Crippen molar-refractivity contribution in [3.8, 4) is 0 Å². The number of aryl methyl sites for hydroxylation is 1. The monoisotopic (exact) mass is 207 g/mol. The molecule has 0 aromatic carbocycles. The summed E-state index contributed by atoms with van der Waals surface area (Å²) in [6.07, 6.45) is 8.82. The second-order valence-corrected chi connectivity index (χ2v) is 4.55. The quantitative estimate of drug-likeness (QED) is 0.823. The first-order chi connectivity index (χ1) is 7.33. The molecular formula is C12H21N3. The summed E-state index contributed by atoms with van der Waals surface area (Å²) in [4.78, 5) is 4.48. The van der Waals surface area contributed by atoms with Gasteiger partial charge < -0.3 is 9.88 Å². The minimum Gasteiger partial charge on any atom is -0.337 e. The van der Waals surface area contributed by atoms with Gasteiger partial charge in [-0.1, -0.05) is 19.3 Å². The van der Waals surface area contributed by atoms with E-state index >= 15 is 0 Å². The molecule has 0 unspecified atom stereocenters.